The van der Waals surface area contributed by atoms with Crippen LogP contribution in [-0.2, 0) is 9.84 Å². The lowest BCUT2D eigenvalue weighted by molar-refractivity contribution is 0.0996. The summed E-state index contributed by atoms with van der Waals surface area (Å²) in [4.78, 5) is 9.80. The van der Waals surface area contributed by atoms with Gasteiger partial charge in [0, 0.05) is 0 Å². The topological polar surface area (TPSA) is 77.2 Å². The van der Waals surface area contributed by atoms with Gasteiger partial charge in [0.15, 0.2) is 21.5 Å². The van der Waals surface area contributed by atoms with Crippen LogP contribution >= 0.6 is 11.6 Å². The van der Waals surface area contributed by atoms with Gasteiger partial charge < -0.3 is 5.73 Å². The number of hydrogen-bond donors (Lipinski definition) is 1. The Morgan fingerprint density at radius 3 is 2.33 bits per heavy atom. The van der Waals surface area contributed by atoms with Crippen LogP contribution in [0.2, 0.25) is 5.02 Å². The number of hydrogen-bond acceptors (Lipinski definition) is 3. The van der Waals surface area contributed by atoms with Gasteiger partial charge in [-0.1, -0.05) is 11.6 Å². The van der Waals surface area contributed by atoms with Crippen LogP contribution in [0.3, 0.4) is 0 Å². The molecule has 1 saturated carbocycles. The molecule has 0 radical (unpaired) electrons. The Morgan fingerprint density at radius 1 is 1.33 bits per heavy atom. The monoisotopic (exact) mass is 295 g/mol. The van der Waals surface area contributed by atoms with Crippen molar-refractivity contribution < 1.29 is 22.0 Å². The lowest BCUT2D eigenvalue weighted by atomic mass is 10.2. The highest BCUT2D eigenvalue weighted by atomic mass is 35.5. The molecule has 1 aromatic rings. The van der Waals surface area contributed by atoms with Crippen LogP contribution in [0.5, 0.6) is 0 Å². The van der Waals surface area contributed by atoms with E-state index in [1.165, 1.54) is 0 Å². The first-order chi connectivity index (χ1) is 8.26. The summed E-state index contributed by atoms with van der Waals surface area (Å²) in [5.74, 6) is -4.07. The number of carbonyl (C=O) groups excluding carboxylic acids is 1. The fourth-order valence-electron chi connectivity index (χ4n) is 1.55. The molecule has 18 heavy (non-hydrogen) atoms. The minimum Gasteiger partial charge on any atom is -0.366 e. The number of rotatable bonds is 3. The molecule has 4 nitrogen and oxygen atoms in total. The molecule has 0 bridgehead atoms. The van der Waals surface area contributed by atoms with E-state index in [1.54, 1.807) is 0 Å². The van der Waals surface area contributed by atoms with E-state index in [-0.39, 0.29) is 0 Å². The molecule has 0 saturated heterocycles. The van der Waals surface area contributed by atoms with Gasteiger partial charge in [0.2, 0.25) is 0 Å². The van der Waals surface area contributed by atoms with Crippen molar-refractivity contribution in [1.29, 1.82) is 0 Å². The molecule has 1 aromatic carbocycles. The van der Waals surface area contributed by atoms with E-state index in [0.717, 1.165) is 0 Å². The third kappa shape index (κ3) is 1.97. The van der Waals surface area contributed by atoms with Crippen LogP contribution < -0.4 is 5.73 Å². The number of carbonyl (C=O) groups is 1. The molecule has 1 aliphatic rings. The SMILES string of the molecule is NC(=O)c1cc(Cl)c(F)c(S(=O)(=O)C2CC2)c1F. The largest absolute Gasteiger partial charge is 0.366 e. The van der Waals surface area contributed by atoms with Crippen LogP contribution in [-0.4, -0.2) is 19.6 Å². The van der Waals surface area contributed by atoms with Gasteiger partial charge in [-0.15, -0.1) is 0 Å². The first-order valence-corrected chi connectivity index (χ1v) is 6.90. The molecule has 0 spiro atoms. The first kappa shape index (κ1) is 13.2. The highest BCUT2D eigenvalue weighted by molar-refractivity contribution is 7.92. The van der Waals surface area contributed by atoms with E-state index < -0.39 is 48.1 Å². The summed E-state index contributed by atoms with van der Waals surface area (Å²) in [6.07, 6.45) is 0.666. The molecule has 0 unspecified atom stereocenters. The van der Waals surface area contributed by atoms with Crippen molar-refractivity contribution in [2.75, 3.05) is 0 Å². The molecule has 8 heteroatoms. The molecule has 0 heterocycles. The van der Waals surface area contributed by atoms with Crippen LogP contribution in [0.4, 0.5) is 8.78 Å². The fraction of sp³-hybridized carbons (Fsp3) is 0.300. The van der Waals surface area contributed by atoms with E-state index in [4.69, 9.17) is 17.3 Å². The molecular weight excluding hydrogens is 288 g/mol. The average Bonchev–Trinajstić information content (AvgIpc) is 3.06. The minimum absolute atomic E-state index is 0.333. The second kappa shape index (κ2) is 4.17. The normalized spacial score (nSPS) is 15.7. The van der Waals surface area contributed by atoms with Gasteiger partial charge >= 0.3 is 0 Å². The Kier molecular flexibility index (Phi) is 3.06. The van der Waals surface area contributed by atoms with E-state index >= 15 is 0 Å². The molecule has 2 rings (SSSR count). The molecular formula is C10H8ClF2NO3S. The van der Waals surface area contributed by atoms with Crippen molar-refractivity contribution in [3.05, 3.63) is 28.3 Å². The quantitative estimate of drug-likeness (QED) is 0.861. The summed E-state index contributed by atoms with van der Waals surface area (Å²) in [6, 6.07) is 0.681. The minimum atomic E-state index is -4.15. The van der Waals surface area contributed by atoms with Crippen molar-refractivity contribution in [3.63, 3.8) is 0 Å². The van der Waals surface area contributed by atoms with E-state index in [1.807, 2.05) is 0 Å². The third-order valence-corrected chi connectivity index (χ3v) is 5.18. The second-order valence-electron chi connectivity index (χ2n) is 3.97. The van der Waals surface area contributed by atoms with Gasteiger partial charge in [0.05, 0.1) is 15.8 Å². The molecule has 1 aliphatic carbocycles. The average molecular weight is 296 g/mol. The first-order valence-electron chi connectivity index (χ1n) is 4.98. The number of amides is 1. The van der Waals surface area contributed by atoms with Crippen LogP contribution in [0.15, 0.2) is 11.0 Å². The van der Waals surface area contributed by atoms with E-state index in [2.05, 4.69) is 0 Å². The molecule has 2 N–H and O–H groups in total. The predicted molar refractivity (Wildman–Crippen MR) is 60.1 cm³/mol. The van der Waals surface area contributed by atoms with Crippen LogP contribution in [0, 0.1) is 11.6 Å². The highest BCUT2D eigenvalue weighted by Gasteiger charge is 2.41. The number of nitrogens with two attached hydrogens (primary N) is 1. The summed E-state index contributed by atoms with van der Waals surface area (Å²) < 4.78 is 51.3. The summed E-state index contributed by atoms with van der Waals surface area (Å²) in [5, 5.41) is -1.47. The predicted octanol–water partition coefficient (Wildman–Crippen LogP) is 1.65. The zero-order valence-electron chi connectivity index (χ0n) is 8.91. The molecule has 1 amide bonds. The fourth-order valence-corrected chi connectivity index (χ4v) is 3.62. The summed E-state index contributed by atoms with van der Waals surface area (Å²) in [7, 11) is -4.15. The summed E-state index contributed by atoms with van der Waals surface area (Å²) in [6.45, 7) is 0. The smallest absolute Gasteiger partial charge is 0.251 e. The van der Waals surface area contributed by atoms with Gasteiger partial charge in [-0.05, 0) is 18.9 Å². The molecule has 1 fully saturated rings. The number of sulfone groups is 1. The van der Waals surface area contributed by atoms with Crippen molar-refractivity contribution >= 4 is 27.3 Å². The van der Waals surface area contributed by atoms with E-state index in [0.29, 0.717) is 18.9 Å². The zero-order valence-corrected chi connectivity index (χ0v) is 10.5. The maximum absolute atomic E-state index is 13.9. The number of primary amides is 1. The van der Waals surface area contributed by atoms with Crippen molar-refractivity contribution in [2.45, 2.75) is 23.0 Å². The Morgan fingerprint density at radius 2 is 1.89 bits per heavy atom. The van der Waals surface area contributed by atoms with Crippen molar-refractivity contribution in [1.82, 2.24) is 0 Å². The molecule has 98 valence electrons. The Hall–Kier alpha value is -1.21. The highest BCUT2D eigenvalue weighted by Crippen LogP contribution is 2.38. The van der Waals surface area contributed by atoms with Crippen LogP contribution in [0.1, 0.15) is 23.2 Å². The Bertz CT molecular complexity index is 641. The summed E-state index contributed by atoms with van der Waals surface area (Å²) >= 11 is 5.45. The summed E-state index contributed by atoms with van der Waals surface area (Å²) in [5.41, 5.74) is 4.15. The van der Waals surface area contributed by atoms with Crippen molar-refractivity contribution in [2.24, 2.45) is 5.73 Å². The molecule has 0 aliphatic heterocycles. The maximum Gasteiger partial charge on any atom is 0.251 e. The molecule has 0 atom stereocenters. The Labute approximate surface area is 107 Å². The lowest BCUT2D eigenvalue weighted by Crippen LogP contribution is -2.19. The van der Waals surface area contributed by atoms with Crippen molar-refractivity contribution in [3.8, 4) is 0 Å². The van der Waals surface area contributed by atoms with Gasteiger partial charge in [-0.25, -0.2) is 17.2 Å². The zero-order chi connectivity index (χ0) is 13.7. The number of benzene rings is 1. The molecule has 0 aromatic heterocycles. The van der Waals surface area contributed by atoms with E-state index in [9.17, 15) is 22.0 Å². The van der Waals surface area contributed by atoms with Crippen LogP contribution in [0.25, 0.3) is 0 Å². The standard InChI is InChI=1S/C10H8ClF2NO3S/c11-6-3-5(10(14)15)7(12)9(8(6)13)18(16,17)4-1-2-4/h3-4H,1-2H2,(H2,14,15). The number of halogens is 3. The van der Waals surface area contributed by atoms with Gasteiger partial charge in [-0.2, -0.15) is 0 Å². The Balaban J connectivity index is 2.77. The maximum atomic E-state index is 13.9. The lowest BCUT2D eigenvalue weighted by Gasteiger charge is -2.09. The third-order valence-electron chi connectivity index (χ3n) is 2.63. The van der Waals surface area contributed by atoms with Gasteiger partial charge in [-0.3, -0.25) is 4.79 Å². The van der Waals surface area contributed by atoms with Gasteiger partial charge in [0.1, 0.15) is 4.90 Å². The van der Waals surface area contributed by atoms with Gasteiger partial charge in [0.25, 0.3) is 5.91 Å². The second-order valence-corrected chi connectivity index (χ2v) is 6.54.